The Kier molecular flexibility index (Phi) is 4.61. The Hall–Kier alpha value is -3.66. The van der Waals surface area contributed by atoms with Crippen LogP contribution in [0.15, 0.2) is 30.3 Å². The average Bonchev–Trinajstić information content (AvgIpc) is 3.22. The molecule has 0 atom stereocenters. The number of halogens is 4. The van der Waals surface area contributed by atoms with Crippen LogP contribution in [0.2, 0.25) is 5.02 Å². The van der Waals surface area contributed by atoms with Crippen molar-refractivity contribution in [2.75, 3.05) is 11.1 Å². The summed E-state index contributed by atoms with van der Waals surface area (Å²) in [5, 5.41) is 7.97. The predicted molar refractivity (Wildman–Crippen MR) is 117 cm³/mol. The molecule has 168 valence electrons. The highest BCUT2D eigenvalue weighted by molar-refractivity contribution is 6.31. The van der Waals surface area contributed by atoms with Gasteiger partial charge >= 0.3 is 0 Å². The highest BCUT2D eigenvalue weighted by Crippen LogP contribution is 2.39. The number of rotatable bonds is 3. The maximum absolute atomic E-state index is 14.3. The zero-order valence-electron chi connectivity index (χ0n) is 17.4. The minimum Gasteiger partial charge on any atom is -0.383 e. The SMILES string of the molecule is CC1(C)C(=O)Nc2nc(-n3nc(Cc4c(F)ccc(F)c4F)c4cc(Cl)ccc43)nc(N)c21. The number of benzene rings is 2. The van der Waals surface area contributed by atoms with Crippen LogP contribution in [0.1, 0.15) is 30.7 Å². The summed E-state index contributed by atoms with van der Waals surface area (Å²) in [6, 6.07) is 6.40. The van der Waals surface area contributed by atoms with Gasteiger partial charge in [0.25, 0.3) is 5.95 Å². The minimum atomic E-state index is -1.29. The molecule has 0 saturated carbocycles. The topological polar surface area (TPSA) is 98.7 Å². The number of hydrogen-bond donors (Lipinski definition) is 2. The monoisotopic (exact) mass is 472 g/mol. The van der Waals surface area contributed by atoms with Gasteiger partial charge in [0.2, 0.25) is 5.91 Å². The molecule has 0 unspecified atom stereocenters. The van der Waals surface area contributed by atoms with Crippen molar-refractivity contribution in [1.82, 2.24) is 19.7 Å². The van der Waals surface area contributed by atoms with Gasteiger partial charge in [-0.2, -0.15) is 19.7 Å². The molecule has 11 heteroatoms. The molecular formula is C22H16ClF3N6O. The Labute approximate surface area is 190 Å². The molecule has 2 aromatic carbocycles. The molecule has 2 aromatic heterocycles. The molecule has 33 heavy (non-hydrogen) atoms. The van der Waals surface area contributed by atoms with Crippen molar-refractivity contribution in [3.05, 3.63) is 69.6 Å². The Balaban J connectivity index is 1.70. The Morgan fingerprint density at radius 2 is 1.85 bits per heavy atom. The standard InChI is InChI=1S/C22H16ClF3N6O/c1-22(2)16-18(27)28-21(30-19(16)29-20(22)33)32-15-6-3-9(23)7-11(15)14(31-32)8-10-12(24)4-5-13(25)17(10)26/h3-7H,8H2,1-2H3,(H3,27,28,29,30,33). The summed E-state index contributed by atoms with van der Waals surface area (Å²) < 4.78 is 43.7. The van der Waals surface area contributed by atoms with Crippen LogP contribution in [0.25, 0.3) is 16.9 Å². The van der Waals surface area contributed by atoms with E-state index in [1.165, 1.54) is 4.68 Å². The van der Waals surface area contributed by atoms with Crippen molar-refractivity contribution in [3.8, 4) is 5.95 Å². The lowest BCUT2D eigenvalue weighted by Gasteiger charge is -2.16. The van der Waals surface area contributed by atoms with Crippen LogP contribution in [0.3, 0.4) is 0 Å². The molecule has 1 aliphatic heterocycles. The largest absolute Gasteiger partial charge is 0.383 e. The van der Waals surface area contributed by atoms with Gasteiger partial charge in [0.15, 0.2) is 11.6 Å². The van der Waals surface area contributed by atoms with Gasteiger partial charge in [-0.25, -0.2) is 13.2 Å². The first kappa shape index (κ1) is 21.2. The molecule has 3 heterocycles. The van der Waals surface area contributed by atoms with Crippen LogP contribution in [0.5, 0.6) is 0 Å². The molecule has 0 bridgehead atoms. The Bertz CT molecular complexity index is 1480. The summed E-state index contributed by atoms with van der Waals surface area (Å²) in [6.45, 7) is 3.41. The number of carbonyl (C=O) groups excluding carboxylic acids is 1. The molecule has 0 fully saturated rings. The van der Waals surface area contributed by atoms with Crippen molar-refractivity contribution < 1.29 is 18.0 Å². The fourth-order valence-corrected chi connectivity index (χ4v) is 4.15. The van der Waals surface area contributed by atoms with Gasteiger partial charge < -0.3 is 11.1 Å². The fraction of sp³-hybridized carbons (Fsp3) is 0.182. The van der Waals surface area contributed by atoms with E-state index in [1.807, 2.05) is 0 Å². The van der Waals surface area contributed by atoms with Crippen molar-refractivity contribution in [3.63, 3.8) is 0 Å². The summed E-state index contributed by atoms with van der Waals surface area (Å²) >= 11 is 6.14. The molecule has 0 aliphatic carbocycles. The van der Waals surface area contributed by atoms with Crippen molar-refractivity contribution in [2.24, 2.45) is 0 Å². The van der Waals surface area contributed by atoms with Gasteiger partial charge in [-0.1, -0.05) is 11.6 Å². The number of fused-ring (bicyclic) bond motifs is 2. The van der Waals surface area contributed by atoms with E-state index < -0.39 is 28.4 Å². The third-order valence-corrected chi connectivity index (χ3v) is 5.98. The number of nitrogens with one attached hydrogen (secondary N) is 1. The van der Waals surface area contributed by atoms with E-state index in [9.17, 15) is 18.0 Å². The van der Waals surface area contributed by atoms with Crippen LogP contribution >= 0.6 is 11.6 Å². The maximum atomic E-state index is 14.3. The molecule has 0 radical (unpaired) electrons. The van der Waals surface area contributed by atoms with Crippen LogP contribution in [0.4, 0.5) is 24.8 Å². The highest BCUT2D eigenvalue weighted by atomic mass is 35.5. The van der Waals surface area contributed by atoms with E-state index in [-0.39, 0.29) is 35.6 Å². The number of aromatic nitrogens is 4. The lowest BCUT2D eigenvalue weighted by atomic mass is 9.87. The second-order valence-corrected chi connectivity index (χ2v) is 8.67. The molecular weight excluding hydrogens is 457 g/mol. The molecule has 0 saturated heterocycles. The normalized spacial score (nSPS) is 14.5. The zero-order valence-corrected chi connectivity index (χ0v) is 18.1. The van der Waals surface area contributed by atoms with Crippen LogP contribution in [-0.4, -0.2) is 25.7 Å². The van der Waals surface area contributed by atoms with Crippen molar-refractivity contribution in [2.45, 2.75) is 25.7 Å². The predicted octanol–water partition coefficient (Wildman–Crippen LogP) is 4.29. The number of amides is 1. The summed E-state index contributed by atoms with van der Waals surface area (Å²) in [5.41, 5.74) is 5.96. The fourth-order valence-electron chi connectivity index (χ4n) is 3.98. The van der Waals surface area contributed by atoms with Gasteiger partial charge in [-0.15, -0.1) is 0 Å². The first-order chi connectivity index (χ1) is 15.6. The molecule has 7 nitrogen and oxygen atoms in total. The second-order valence-electron chi connectivity index (χ2n) is 8.23. The number of carbonyl (C=O) groups is 1. The van der Waals surface area contributed by atoms with Crippen LogP contribution in [-0.2, 0) is 16.6 Å². The summed E-state index contributed by atoms with van der Waals surface area (Å²) in [5.74, 6) is -3.23. The number of anilines is 2. The van der Waals surface area contributed by atoms with E-state index in [1.54, 1.807) is 32.0 Å². The highest BCUT2D eigenvalue weighted by Gasteiger charge is 2.42. The number of nitrogen functional groups attached to an aromatic ring is 1. The summed E-state index contributed by atoms with van der Waals surface area (Å²) in [6.07, 6.45) is -0.344. The first-order valence-electron chi connectivity index (χ1n) is 9.87. The van der Waals surface area contributed by atoms with E-state index in [4.69, 9.17) is 17.3 Å². The van der Waals surface area contributed by atoms with Crippen molar-refractivity contribution >= 4 is 40.0 Å². The van der Waals surface area contributed by atoms with Gasteiger partial charge in [0.05, 0.1) is 22.2 Å². The molecule has 1 amide bonds. The van der Waals surface area contributed by atoms with E-state index >= 15 is 0 Å². The van der Waals surface area contributed by atoms with Gasteiger partial charge in [0, 0.05) is 22.4 Å². The first-order valence-corrected chi connectivity index (χ1v) is 10.2. The lowest BCUT2D eigenvalue weighted by molar-refractivity contribution is -0.119. The number of hydrogen-bond acceptors (Lipinski definition) is 5. The Morgan fingerprint density at radius 1 is 1.12 bits per heavy atom. The third-order valence-electron chi connectivity index (χ3n) is 5.74. The smallest absolute Gasteiger partial charge is 0.255 e. The molecule has 5 rings (SSSR count). The molecule has 4 aromatic rings. The summed E-state index contributed by atoms with van der Waals surface area (Å²) in [7, 11) is 0. The zero-order chi connectivity index (χ0) is 23.7. The van der Waals surface area contributed by atoms with Gasteiger partial charge in [0.1, 0.15) is 17.5 Å². The van der Waals surface area contributed by atoms with Crippen LogP contribution in [0, 0.1) is 17.5 Å². The number of nitrogens with zero attached hydrogens (tertiary/aromatic N) is 4. The second kappa shape index (κ2) is 7.17. The molecule has 3 N–H and O–H groups in total. The van der Waals surface area contributed by atoms with E-state index in [0.717, 1.165) is 12.1 Å². The average molecular weight is 473 g/mol. The van der Waals surface area contributed by atoms with Gasteiger partial charge in [-0.3, -0.25) is 4.79 Å². The van der Waals surface area contributed by atoms with Crippen LogP contribution < -0.4 is 11.1 Å². The minimum absolute atomic E-state index is 0.0445. The van der Waals surface area contributed by atoms with E-state index in [2.05, 4.69) is 20.4 Å². The molecule has 0 spiro atoms. The number of nitrogens with two attached hydrogens (primary N) is 1. The van der Waals surface area contributed by atoms with Crippen molar-refractivity contribution in [1.29, 1.82) is 0 Å². The third kappa shape index (κ3) is 3.20. The maximum Gasteiger partial charge on any atom is 0.255 e. The van der Waals surface area contributed by atoms with Gasteiger partial charge in [-0.05, 0) is 44.2 Å². The van der Waals surface area contributed by atoms with E-state index in [0.29, 0.717) is 21.5 Å². The Morgan fingerprint density at radius 3 is 2.61 bits per heavy atom. The quantitative estimate of drug-likeness (QED) is 0.433. The molecule has 1 aliphatic rings. The summed E-state index contributed by atoms with van der Waals surface area (Å²) in [4.78, 5) is 21.1. The lowest BCUT2D eigenvalue weighted by Crippen LogP contribution is -2.27.